The zero-order chi connectivity index (χ0) is 26.8. The fraction of sp³-hybridized carbons (Fsp3) is 0.107. The summed E-state index contributed by atoms with van der Waals surface area (Å²) in [6.07, 6.45) is 4.30. The summed E-state index contributed by atoms with van der Waals surface area (Å²) in [7, 11) is 3.50. The first kappa shape index (κ1) is 24.4. The third-order valence-corrected chi connectivity index (χ3v) is 6.03. The molecule has 5 aromatic rings. The van der Waals surface area contributed by atoms with Crippen LogP contribution in [0.25, 0.3) is 33.4 Å². The lowest BCUT2D eigenvalue weighted by Gasteiger charge is -2.14. The number of nitrogens with zero attached hydrogens (tertiary/aromatic N) is 5. The van der Waals surface area contributed by atoms with Gasteiger partial charge in [0.2, 0.25) is 5.91 Å². The van der Waals surface area contributed by atoms with Crippen LogP contribution in [-0.2, 0) is 11.8 Å². The van der Waals surface area contributed by atoms with E-state index in [0.29, 0.717) is 28.7 Å². The van der Waals surface area contributed by atoms with Gasteiger partial charge in [0.1, 0.15) is 17.8 Å². The second-order valence-electron chi connectivity index (χ2n) is 8.46. The van der Waals surface area contributed by atoms with Crippen molar-refractivity contribution < 1.29 is 14.3 Å². The summed E-state index contributed by atoms with van der Waals surface area (Å²) in [5.41, 5.74) is 11.9. The summed E-state index contributed by atoms with van der Waals surface area (Å²) >= 11 is 0. The Morgan fingerprint density at radius 1 is 1.05 bits per heavy atom. The predicted molar refractivity (Wildman–Crippen MR) is 146 cm³/mol. The minimum absolute atomic E-state index is 0.230. The molecular weight excluding hydrogens is 482 g/mol. The van der Waals surface area contributed by atoms with Crippen LogP contribution in [0, 0.1) is 6.92 Å². The van der Waals surface area contributed by atoms with Gasteiger partial charge in [-0.15, -0.1) is 0 Å². The van der Waals surface area contributed by atoms with E-state index in [2.05, 4.69) is 31.8 Å². The Balaban J connectivity index is 1.65. The number of anilines is 2. The van der Waals surface area contributed by atoms with E-state index in [0.717, 1.165) is 33.5 Å². The van der Waals surface area contributed by atoms with Crippen molar-refractivity contribution in [1.29, 1.82) is 0 Å². The van der Waals surface area contributed by atoms with Gasteiger partial charge in [-0.3, -0.25) is 4.79 Å². The Labute approximate surface area is 218 Å². The Bertz CT molecular complexity index is 1680. The number of nitrogens with one attached hydrogen (secondary N) is 1. The van der Waals surface area contributed by atoms with Crippen LogP contribution in [0.15, 0.2) is 73.7 Å². The van der Waals surface area contributed by atoms with Crippen molar-refractivity contribution in [3.8, 4) is 39.9 Å². The molecule has 0 unspecified atom stereocenters. The predicted octanol–water partition coefficient (Wildman–Crippen LogP) is 4.91. The number of ether oxygens (including phenoxy) is 2. The largest absolute Gasteiger partial charge is 0.493 e. The lowest BCUT2D eigenvalue weighted by Crippen LogP contribution is -2.06. The van der Waals surface area contributed by atoms with Crippen LogP contribution in [-0.4, -0.2) is 37.5 Å². The van der Waals surface area contributed by atoms with Crippen molar-refractivity contribution in [2.45, 2.75) is 6.92 Å². The van der Waals surface area contributed by atoms with Crippen LogP contribution in [0.2, 0.25) is 0 Å². The molecule has 38 heavy (non-hydrogen) atoms. The van der Waals surface area contributed by atoms with Crippen molar-refractivity contribution in [2.75, 3.05) is 18.2 Å². The average molecular weight is 508 g/mol. The average Bonchev–Trinajstić information content (AvgIpc) is 3.22. The van der Waals surface area contributed by atoms with Gasteiger partial charge in [-0.25, -0.2) is 19.9 Å². The molecule has 3 heterocycles. The molecule has 0 spiro atoms. The molecule has 0 saturated carbocycles. The smallest absolute Gasteiger partial charge is 0.322 e. The first-order valence-electron chi connectivity index (χ1n) is 11.7. The van der Waals surface area contributed by atoms with E-state index in [4.69, 9.17) is 15.2 Å². The summed E-state index contributed by atoms with van der Waals surface area (Å²) in [6.45, 7) is 5.36. The number of rotatable bonds is 7. The number of carbonyl (C=O) groups is 1. The second kappa shape index (κ2) is 10.0. The van der Waals surface area contributed by atoms with Gasteiger partial charge in [0.05, 0.1) is 18.2 Å². The first-order chi connectivity index (χ1) is 18.4. The number of aryl methyl sites for hydroxylation is 2. The SMILES string of the molecule is C=CC(=O)Nc1ccc(-c2c(-c3ccc(Oc4nccc(C)n4)c(OC)c3)n(C)c3ncnc(N)c23)cc1. The number of hydrogen-bond acceptors (Lipinski definition) is 8. The molecule has 3 N–H and O–H groups in total. The van der Waals surface area contributed by atoms with Gasteiger partial charge in [-0.2, -0.15) is 0 Å². The summed E-state index contributed by atoms with van der Waals surface area (Å²) in [6, 6.07) is 15.1. The van der Waals surface area contributed by atoms with Crippen LogP contribution < -0.4 is 20.5 Å². The van der Waals surface area contributed by atoms with Crippen LogP contribution in [0.4, 0.5) is 11.5 Å². The van der Waals surface area contributed by atoms with Gasteiger partial charge in [-0.1, -0.05) is 18.7 Å². The normalized spacial score (nSPS) is 10.8. The monoisotopic (exact) mass is 507 g/mol. The fourth-order valence-electron chi connectivity index (χ4n) is 4.28. The molecule has 0 aliphatic heterocycles. The van der Waals surface area contributed by atoms with E-state index in [1.807, 2.05) is 61.0 Å². The summed E-state index contributed by atoms with van der Waals surface area (Å²) in [4.78, 5) is 28.9. The van der Waals surface area contributed by atoms with Crippen LogP contribution in [0.5, 0.6) is 17.5 Å². The molecule has 10 heteroatoms. The standard InChI is InChI=1S/C28H25N7O3/c1-5-22(36)34-19-9-6-17(7-10-19)23-24-26(29)31-15-32-27(24)35(3)25(23)18-8-11-20(21(14-18)37-4)38-28-30-13-12-16(2)33-28/h5-15H,1H2,2-4H3,(H,34,36)(H2,29,31,32). The Morgan fingerprint density at radius 2 is 1.82 bits per heavy atom. The van der Waals surface area contributed by atoms with Crippen molar-refractivity contribution in [3.63, 3.8) is 0 Å². The number of methoxy groups -OCH3 is 1. The zero-order valence-corrected chi connectivity index (χ0v) is 21.1. The molecule has 0 saturated heterocycles. The van der Waals surface area contributed by atoms with E-state index in [1.54, 1.807) is 19.4 Å². The molecule has 5 rings (SSSR count). The van der Waals surface area contributed by atoms with Gasteiger partial charge in [-0.05, 0) is 55.0 Å². The van der Waals surface area contributed by atoms with Crippen molar-refractivity contribution in [2.24, 2.45) is 7.05 Å². The molecule has 190 valence electrons. The van der Waals surface area contributed by atoms with Crippen molar-refractivity contribution >= 4 is 28.4 Å². The maximum absolute atomic E-state index is 11.7. The number of fused-ring (bicyclic) bond motifs is 1. The Kier molecular flexibility index (Phi) is 6.44. The fourth-order valence-corrected chi connectivity index (χ4v) is 4.28. The van der Waals surface area contributed by atoms with Gasteiger partial charge in [0, 0.05) is 35.8 Å². The van der Waals surface area contributed by atoms with E-state index in [1.165, 1.54) is 12.4 Å². The quantitative estimate of drug-likeness (QED) is 0.297. The van der Waals surface area contributed by atoms with Crippen molar-refractivity contribution in [1.82, 2.24) is 24.5 Å². The van der Waals surface area contributed by atoms with Crippen LogP contribution >= 0.6 is 0 Å². The van der Waals surface area contributed by atoms with Crippen LogP contribution in [0.1, 0.15) is 5.69 Å². The number of nitrogens with two attached hydrogens (primary N) is 1. The van der Waals surface area contributed by atoms with Gasteiger partial charge in [0.25, 0.3) is 0 Å². The number of nitrogen functional groups attached to an aromatic ring is 1. The Morgan fingerprint density at radius 3 is 2.53 bits per heavy atom. The van der Waals surface area contributed by atoms with Crippen molar-refractivity contribution in [3.05, 3.63) is 79.4 Å². The highest BCUT2D eigenvalue weighted by atomic mass is 16.5. The van der Waals surface area contributed by atoms with Gasteiger partial charge < -0.3 is 25.1 Å². The van der Waals surface area contributed by atoms with E-state index < -0.39 is 0 Å². The topological polar surface area (TPSA) is 130 Å². The number of carbonyl (C=O) groups excluding carboxylic acids is 1. The molecule has 3 aromatic heterocycles. The molecule has 0 atom stereocenters. The second-order valence-corrected chi connectivity index (χ2v) is 8.46. The number of hydrogen-bond donors (Lipinski definition) is 2. The molecule has 2 aromatic carbocycles. The minimum Gasteiger partial charge on any atom is -0.493 e. The molecule has 0 fully saturated rings. The van der Waals surface area contributed by atoms with Gasteiger partial charge in [0.15, 0.2) is 11.5 Å². The highest BCUT2D eigenvalue weighted by Gasteiger charge is 2.23. The number of amides is 1. The summed E-state index contributed by atoms with van der Waals surface area (Å²) in [5, 5.41) is 3.49. The minimum atomic E-state index is -0.285. The maximum atomic E-state index is 11.7. The molecule has 1 amide bonds. The zero-order valence-electron chi connectivity index (χ0n) is 21.1. The molecule has 0 bridgehead atoms. The van der Waals surface area contributed by atoms with Gasteiger partial charge >= 0.3 is 6.01 Å². The van der Waals surface area contributed by atoms with Crippen LogP contribution in [0.3, 0.4) is 0 Å². The highest BCUT2D eigenvalue weighted by molar-refractivity contribution is 6.08. The van der Waals surface area contributed by atoms with E-state index in [9.17, 15) is 4.79 Å². The molecule has 0 aliphatic carbocycles. The summed E-state index contributed by atoms with van der Waals surface area (Å²) in [5.74, 6) is 1.06. The third-order valence-electron chi connectivity index (χ3n) is 6.03. The third kappa shape index (κ3) is 4.50. The first-order valence-corrected chi connectivity index (χ1v) is 11.7. The lowest BCUT2D eigenvalue weighted by atomic mass is 9.98. The molecular formula is C28H25N7O3. The number of benzene rings is 2. The van der Waals surface area contributed by atoms with E-state index >= 15 is 0 Å². The van der Waals surface area contributed by atoms with E-state index in [-0.39, 0.29) is 11.9 Å². The highest BCUT2D eigenvalue weighted by Crippen LogP contribution is 2.44. The maximum Gasteiger partial charge on any atom is 0.322 e. The molecule has 0 aliphatic rings. The summed E-state index contributed by atoms with van der Waals surface area (Å²) < 4.78 is 13.5. The lowest BCUT2D eigenvalue weighted by molar-refractivity contribution is -0.111. The molecule has 10 nitrogen and oxygen atoms in total. The number of aromatic nitrogens is 5. The molecule has 0 radical (unpaired) electrons. The Hall–Kier alpha value is -5.25.